The standard InChI is InChI=1S/C22H24N2O5/c1-4-28-22(26)14-29-21-8-6-5-7-18(21)20-13-19(23-24(20)15(2)25)16-9-11-17(27-3)12-10-16/h5-13,20,23H,4,14H2,1-3H3/t20-/m0/s1. The zero-order valence-corrected chi connectivity index (χ0v) is 16.7. The molecule has 7 nitrogen and oxygen atoms in total. The number of amides is 1. The summed E-state index contributed by atoms with van der Waals surface area (Å²) in [6.07, 6.45) is 1.95. The Morgan fingerprint density at radius 3 is 2.48 bits per heavy atom. The van der Waals surface area contributed by atoms with Crippen LogP contribution in [0.15, 0.2) is 54.6 Å². The molecule has 152 valence electrons. The number of nitrogens with zero attached hydrogens (tertiary/aromatic N) is 1. The first kappa shape index (κ1) is 20.3. The van der Waals surface area contributed by atoms with Gasteiger partial charge in [-0.15, -0.1) is 0 Å². The molecule has 0 spiro atoms. The molecular formula is C22H24N2O5. The number of methoxy groups -OCH3 is 1. The number of nitrogens with one attached hydrogen (secondary N) is 1. The molecule has 0 unspecified atom stereocenters. The Labute approximate surface area is 169 Å². The number of rotatable bonds is 7. The van der Waals surface area contributed by atoms with Gasteiger partial charge in [0.2, 0.25) is 5.91 Å². The van der Waals surface area contributed by atoms with E-state index in [-0.39, 0.29) is 18.6 Å². The van der Waals surface area contributed by atoms with Gasteiger partial charge in [0.1, 0.15) is 17.5 Å². The van der Waals surface area contributed by atoms with Gasteiger partial charge in [-0.2, -0.15) is 0 Å². The average Bonchev–Trinajstić information content (AvgIpc) is 3.18. The predicted octanol–water partition coefficient (Wildman–Crippen LogP) is 3.09. The Hall–Kier alpha value is -3.48. The molecule has 0 bridgehead atoms. The summed E-state index contributed by atoms with van der Waals surface area (Å²) in [5.41, 5.74) is 5.65. The Morgan fingerprint density at radius 1 is 1.10 bits per heavy atom. The van der Waals surface area contributed by atoms with E-state index in [1.54, 1.807) is 20.1 Å². The van der Waals surface area contributed by atoms with Crippen molar-refractivity contribution in [2.24, 2.45) is 0 Å². The summed E-state index contributed by atoms with van der Waals surface area (Å²) < 4.78 is 15.8. The molecule has 7 heteroatoms. The zero-order valence-electron chi connectivity index (χ0n) is 16.7. The number of carbonyl (C=O) groups excluding carboxylic acids is 2. The van der Waals surface area contributed by atoms with Crippen molar-refractivity contribution < 1.29 is 23.8 Å². The lowest BCUT2D eigenvalue weighted by atomic mass is 10.0. The molecule has 0 saturated carbocycles. The number of esters is 1. The summed E-state index contributed by atoms with van der Waals surface area (Å²) >= 11 is 0. The minimum atomic E-state index is -0.440. The fourth-order valence-electron chi connectivity index (χ4n) is 3.10. The summed E-state index contributed by atoms with van der Waals surface area (Å²) in [7, 11) is 1.61. The monoisotopic (exact) mass is 396 g/mol. The molecule has 1 aliphatic rings. The van der Waals surface area contributed by atoms with Crippen molar-refractivity contribution in [3.05, 3.63) is 65.7 Å². The molecule has 0 radical (unpaired) electrons. The summed E-state index contributed by atoms with van der Waals surface area (Å²) in [6, 6.07) is 14.5. The van der Waals surface area contributed by atoms with Crippen LogP contribution in [0, 0.1) is 0 Å². The summed E-state index contributed by atoms with van der Waals surface area (Å²) in [5, 5.41) is 1.53. The van der Waals surface area contributed by atoms with Crippen LogP contribution in [0.3, 0.4) is 0 Å². The van der Waals surface area contributed by atoms with E-state index < -0.39 is 5.97 Å². The van der Waals surface area contributed by atoms with E-state index in [1.165, 1.54) is 11.9 Å². The van der Waals surface area contributed by atoms with Crippen molar-refractivity contribution in [3.8, 4) is 11.5 Å². The number of para-hydroxylation sites is 1. The first-order valence-electron chi connectivity index (χ1n) is 9.33. The fraction of sp³-hybridized carbons (Fsp3) is 0.273. The van der Waals surface area contributed by atoms with Gasteiger partial charge in [0.15, 0.2) is 6.61 Å². The van der Waals surface area contributed by atoms with Crippen LogP contribution >= 0.6 is 0 Å². The van der Waals surface area contributed by atoms with Crippen LogP contribution in [-0.4, -0.2) is 37.2 Å². The lowest BCUT2D eigenvalue weighted by Gasteiger charge is -2.25. The molecule has 0 fully saturated rings. The number of hydrogen-bond acceptors (Lipinski definition) is 6. The number of hydrogen-bond donors (Lipinski definition) is 1. The molecule has 1 N–H and O–H groups in total. The van der Waals surface area contributed by atoms with Crippen molar-refractivity contribution >= 4 is 17.6 Å². The first-order chi connectivity index (χ1) is 14.0. The highest BCUT2D eigenvalue weighted by Gasteiger charge is 2.30. The molecule has 3 rings (SSSR count). The fourth-order valence-corrected chi connectivity index (χ4v) is 3.10. The van der Waals surface area contributed by atoms with Gasteiger partial charge in [0, 0.05) is 12.5 Å². The smallest absolute Gasteiger partial charge is 0.344 e. The Kier molecular flexibility index (Phi) is 6.39. The quantitative estimate of drug-likeness (QED) is 0.725. The maximum absolute atomic E-state index is 12.3. The van der Waals surface area contributed by atoms with E-state index in [2.05, 4.69) is 5.43 Å². The molecule has 1 amide bonds. The number of carbonyl (C=O) groups is 2. The van der Waals surface area contributed by atoms with Crippen molar-refractivity contribution in [3.63, 3.8) is 0 Å². The maximum atomic E-state index is 12.3. The van der Waals surface area contributed by atoms with Crippen LogP contribution in [0.2, 0.25) is 0 Å². The molecule has 1 aliphatic heterocycles. The van der Waals surface area contributed by atoms with Gasteiger partial charge < -0.3 is 14.2 Å². The largest absolute Gasteiger partial charge is 0.497 e. The predicted molar refractivity (Wildman–Crippen MR) is 108 cm³/mol. The molecule has 0 aliphatic carbocycles. The Balaban J connectivity index is 1.89. The average molecular weight is 396 g/mol. The molecule has 2 aromatic carbocycles. The second-order valence-corrected chi connectivity index (χ2v) is 6.39. The van der Waals surface area contributed by atoms with E-state index in [1.807, 2.05) is 48.5 Å². The van der Waals surface area contributed by atoms with Gasteiger partial charge in [0.05, 0.1) is 19.4 Å². The summed E-state index contributed by atoms with van der Waals surface area (Å²) in [4.78, 5) is 23.9. The Morgan fingerprint density at radius 2 is 1.83 bits per heavy atom. The van der Waals surface area contributed by atoms with Gasteiger partial charge in [-0.3, -0.25) is 10.2 Å². The van der Waals surface area contributed by atoms with E-state index in [9.17, 15) is 9.59 Å². The highest BCUT2D eigenvalue weighted by atomic mass is 16.6. The van der Waals surface area contributed by atoms with E-state index in [0.29, 0.717) is 12.4 Å². The van der Waals surface area contributed by atoms with Crippen molar-refractivity contribution in [1.29, 1.82) is 0 Å². The second kappa shape index (κ2) is 9.14. The van der Waals surface area contributed by atoms with Crippen LogP contribution in [0.4, 0.5) is 0 Å². The zero-order chi connectivity index (χ0) is 20.8. The van der Waals surface area contributed by atoms with Gasteiger partial charge in [-0.1, -0.05) is 18.2 Å². The highest BCUT2D eigenvalue weighted by molar-refractivity contribution is 5.79. The molecular weight excluding hydrogens is 372 g/mol. The van der Waals surface area contributed by atoms with Crippen LogP contribution in [0.1, 0.15) is 31.0 Å². The van der Waals surface area contributed by atoms with Gasteiger partial charge in [-0.25, -0.2) is 9.80 Å². The normalized spacial score (nSPS) is 15.3. The highest BCUT2D eigenvalue weighted by Crippen LogP contribution is 2.36. The van der Waals surface area contributed by atoms with E-state index in [0.717, 1.165) is 22.6 Å². The third-order valence-electron chi connectivity index (χ3n) is 4.47. The lowest BCUT2D eigenvalue weighted by Crippen LogP contribution is -2.38. The van der Waals surface area contributed by atoms with E-state index >= 15 is 0 Å². The summed E-state index contributed by atoms with van der Waals surface area (Å²) in [5.74, 6) is 0.690. The molecule has 1 atom stereocenters. The minimum Gasteiger partial charge on any atom is -0.497 e. The van der Waals surface area contributed by atoms with Crippen molar-refractivity contribution in [1.82, 2.24) is 10.4 Å². The molecule has 29 heavy (non-hydrogen) atoms. The van der Waals surface area contributed by atoms with Crippen molar-refractivity contribution in [2.45, 2.75) is 19.9 Å². The van der Waals surface area contributed by atoms with Crippen LogP contribution < -0.4 is 14.9 Å². The van der Waals surface area contributed by atoms with Crippen molar-refractivity contribution in [2.75, 3.05) is 20.3 Å². The van der Waals surface area contributed by atoms with Gasteiger partial charge in [-0.05, 0) is 48.9 Å². The minimum absolute atomic E-state index is 0.144. The van der Waals surface area contributed by atoms with Gasteiger partial charge in [0.25, 0.3) is 0 Å². The van der Waals surface area contributed by atoms with Gasteiger partial charge >= 0.3 is 5.97 Å². The van der Waals surface area contributed by atoms with Crippen LogP contribution in [-0.2, 0) is 14.3 Å². The SMILES string of the molecule is CCOC(=O)COc1ccccc1[C@@H]1C=C(c2ccc(OC)cc2)NN1C(C)=O. The molecule has 0 aromatic heterocycles. The van der Waals surface area contributed by atoms with E-state index in [4.69, 9.17) is 14.2 Å². The third kappa shape index (κ3) is 4.68. The topological polar surface area (TPSA) is 77.1 Å². The van der Waals surface area contributed by atoms with Crippen LogP contribution in [0.25, 0.3) is 5.70 Å². The second-order valence-electron chi connectivity index (χ2n) is 6.39. The maximum Gasteiger partial charge on any atom is 0.344 e. The summed E-state index contributed by atoms with van der Waals surface area (Å²) in [6.45, 7) is 3.34. The lowest BCUT2D eigenvalue weighted by molar-refractivity contribution is -0.145. The third-order valence-corrected chi connectivity index (χ3v) is 4.47. The first-order valence-corrected chi connectivity index (χ1v) is 9.33. The number of ether oxygens (including phenoxy) is 3. The molecule has 1 heterocycles. The molecule has 2 aromatic rings. The number of benzene rings is 2. The van der Waals surface area contributed by atoms with Crippen LogP contribution in [0.5, 0.6) is 11.5 Å². The number of hydrazine groups is 1. The Bertz CT molecular complexity index is 908. The molecule has 0 saturated heterocycles.